The minimum atomic E-state index is -0.764. The minimum absolute atomic E-state index is 0.0360. The molecular formula is C20H27N3O3. The van der Waals surface area contributed by atoms with Gasteiger partial charge in [-0.15, -0.1) is 0 Å². The van der Waals surface area contributed by atoms with E-state index in [4.69, 9.17) is 0 Å². The third-order valence-corrected chi connectivity index (χ3v) is 6.35. The monoisotopic (exact) mass is 357 g/mol. The molecule has 140 valence electrons. The Kier molecular flexibility index (Phi) is 4.61. The van der Waals surface area contributed by atoms with Crippen LogP contribution in [0.3, 0.4) is 0 Å². The van der Waals surface area contributed by atoms with Gasteiger partial charge in [-0.2, -0.15) is 0 Å². The first-order valence-corrected chi connectivity index (χ1v) is 9.67. The van der Waals surface area contributed by atoms with Gasteiger partial charge in [0.15, 0.2) is 0 Å². The van der Waals surface area contributed by atoms with E-state index in [0.717, 1.165) is 43.7 Å². The fourth-order valence-corrected chi connectivity index (χ4v) is 4.72. The second-order valence-electron chi connectivity index (χ2n) is 7.98. The van der Waals surface area contributed by atoms with Crippen molar-refractivity contribution < 1.29 is 14.7 Å². The Morgan fingerprint density at radius 1 is 1.08 bits per heavy atom. The van der Waals surface area contributed by atoms with Gasteiger partial charge in [-0.3, -0.25) is 9.59 Å². The lowest BCUT2D eigenvalue weighted by Gasteiger charge is -2.39. The number of carbonyl (C=O) groups is 2. The van der Waals surface area contributed by atoms with Crippen molar-refractivity contribution in [2.75, 3.05) is 37.6 Å². The SMILES string of the molecule is O=C(O)[C@@H]1CC2(CCN(C(=O)c3ccccc3N3CCCC3)CC2)CN1. The lowest BCUT2D eigenvalue weighted by atomic mass is 9.76. The summed E-state index contributed by atoms with van der Waals surface area (Å²) in [6, 6.07) is 7.51. The molecule has 0 radical (unpaired) electrons. The summed E-state index contributed by atoms with van der Waals surface area (Å²) in [4.78, 5) is 28.6. The predicted molar refractivity (Wildman–Crippen MR) is 99.5 cm³/mol. The summed E-state index contributed by atoms with van der Waals surface area (Å²) in [6.07, 6.45) is 4.80. The summed E-state index contributed by atoms with van der Waals surface area (Å²) in [5.41, 5.74) is 1.90. The molecule has 0 aromatic heterocycles. The van der Waals surface area contributed by atoms with Crippen molar-refractivity contribution in [1.29, 1.82) is 0 Å². The standard InChI is InChI=1S/C20H27N3O3/c24-18(15-5-1-2-6-17(15)22-9-3-4-10-22)23-11-7-20(8-12-23)13-16(19(25)26)21-14-20/h1-2,5-6,16,21H,3-4,7-14H2,(H,25,26)/t16-/m0/s1. The number of carbonyl (C=O) groups excluding carboxylic acids is 1. The number of benzene rings is 1. The van der Waals surface area contributed by atoms with Crippen LogP contribution < -0.4 is 10.2 Å². The predicted octanol–water partition coefficient (Wildman–Crippen LogP) is 1.96. The highest BCUT2D eigenvalue weighted by Gasteiger charge is 2.44. The summed E-state index contributed by atoms with van der Waals surface area (Å²) in [5, 5.41) is 12.3. The number of aliphatic carboxylic acids is 1. The Morgan fingerprint density at radius 2 is 1.77 bits per heavy atom. The van der Waals surface area contributed by atoms with Crippen molar-refractivity contribution >= 4 is 17.6 Å². The molecule has 1 atom stereocenters. The highest BCUT2D eigenvalue weighted by molar-refractivity contribution is 6.00. The van der Waals surface area contributed by atoms with Gasteiger partial charge in [-0.1, -0.05) is 12.1 Å². The molecule has 3 aliphatic rings. The maximum atomic E-state index is 13.1. The molecule has 6 nitrogen and oxygen atoms in total. The number of para-hydroxylation sites is 1. The number of carboxylic acids is 1. The zero-order valence-corrected chi connectivity index (χ0v) is 15.1. The van der Waals surface area contributed by atoms with Gasteiger partial charge in [0, 0.05) is 38.4 Å². The molecule has 1 spiro atoms. The molecule has 3 fully saturated rings. The van der Waals surface area contributed by atoms with Crippen LogP contribution in [0.5, 0.6) is 0 Å². The van der Waals surface area contributed by atoms with Crippen LogP contribution in [0.4, 0.5) is 5.69 Å². The Labute approximate surface area is 154 Å². The van der Waals surface area contributed by atoms with E-state index in [9.17, 15) is 14.7 Å². The van der Waals surface area contributed by atoms with Crippen molar-refractivity contribution in [3.8, 4) is 0 Å². The first-order valence-electron chi connectivity index (χ1n) is 9.67. The molecule has 3 aliphatic heterocycles. The van der Waals surface area contributed by atoms with Crippen LogP contribution in [0.2, 0.25) is 0 Å². The molecule has 4 rings (SSSR count). The highest BCUT2D eigenvalue weighted by atomic mass is 16.4. The molecule has 3 saturated heterocycles. The third kappa shape index (κ3) is 3.18. The lowest BCUT2D eigenvalue weighted by Crippen LogP contribution is -2.44. The van der Waals surface area contributed by atoms with Crippen molar-refractivity contribution in [3.63, 3.8) is 0 Å². The van der Waals surface area contributed by atoms with Crippen molar-refractivity contribution in [2.24, 2.45) is 5.41 Å². The van der Waals surface area contributed by atoms with E-state index >= 15 is 0 Å². The number of nitrogens with one attached hydrogen (secondary N) is 1. The van der Waals surface area contributed by atoms with E-state index in [2.05, 4.69) is 16.3 Å². The van der Waals surface area contributed by atoms with Gasteiger partial charge in [0.2, 0.25) is 0 Å². The molecular weight excluding hydrogens is 330 g/mol. The Bertz CT molecular complexity index is 691. The van der Waals surface area contributed by atoms with Gasteiger partial charge in [0.05, 0.1) is 5.56 Å². The fourth-order valence-electron chi connectivity index (χ4n) is 4.72. The van der Waals surface area contributed by atoms with Crippen LogP contribution in [0.25, 0.3) is 0 Å². The van der Waals surface area contributed by atoms with Crippen LogP contribution in [-0.2, 0) is 4.79 Å². The van der Waals surface area contributed by atoms with Crippen molar-refractivity contribution in [2.45, 2.75) is 38.1 Å². The molecule has 6 heteroatoms. The van der Waals surface area contributed by atoms with E-state index in [1.165, 1.54) is 12.8 Å². The number of rotatable bonds is 3. The molecule has 0 bridgehead atoms. The molecule has 26 heavy (non-hydrogen) atoms. The minimum Gasteiger partial charge on any atom is -0.480 e. The topological polar surface area (TPSA) is 72.9 Å². The number of hydrogen-bond acceptors (Lipinski definition) is 4. The van der Waals surface area contributed by atoms with Crippen LogP contribution >= 0.6 is 0 Å². The normalized spacial score (nSPS) is 25.0. The molecule has 1 amide bonds. The summed E-state index contributed by atoms with van der Waals surface area (Å²) in [7, 11) is 0. The van der Waals surface area contributed by atoms with E-state index < -0.39 is 12.0 Å². The number of likely N-dealkylation sites (tertiary alicyclic amines) is 1. The summed E-state index contributed by atoms with van der Waals surface area (Å²) >= 11 is 0. The molecule has 0 unspecified atom stereocenters. The fraction of sp³-hybridized carbons (Fsp3) is 0.600. The van der Waals surface area contributed by atoms with Crippen LogP contribution in [-0.4, -0.2) is 60.6 Å². The smallest absolute Gasteiger partial charge is 0.320 e. The highest BCUT2D eigenvalue weighted by Crippen LogP contribution is 2.40. The number of hydrogen-bond donors (Lipinski definition) is 2. The van der Waals surface area contributed by atoms with Gasteiger partial charge < -0.3 is 20.2 Å². The Morgan fingerprint density at radius 3 is 2.42 bits per heavy atom. The van der Waals surface area contributed by atoms with E-state index in [1.807, 2.05) is 23.1 Å². The average molecular weight is 357 g/mol. The van der Waals surface area contributed by atoms with Crippen LogP contribution in [0, 0.1) is 5.41 Å². The maximum Gasteiger partial charge on any atom is 0.320 e. The molecule has 3 heterocycles. The average Bonchev–Trinajstić information content (AvgIpc) is 3.33. The Balaban J connectivity index is 1.44. The van der Waals surface area contributed by atoms with Gasteiger partial charge >= 0.3 is 5.97 Å². The largest absolute Gasteiger partial charge is 0.480 e. The third-order valence-electron chi connectivity index (χ3n) is 6.35. The lowest BCUT2D eigenvalue weighted by molar-refractivity contribution is -0.139. The maximum absolute atomic E-state index is 13.1. The van der Waals surface area contributed by atoms with Gasteiger partial charge in [-0.05, 0) is 49.7 Å². The number of carboxylic acid groups (broad SMARTS) is 1. The molecule has 1 aromatic rings. The van der Waals surface area contributed by atoms with E-state index in [-0.39, 0.29) is 11.3 Å². The molecule has 2 N–H and O–H groups in total. The number of piperidine rings is 1. The zero-order chi connectivity index (χ0) is 18.1. The number of anilines is 1. The van der Waals surface area contributed by atoms with Gasteiger partial charge in [0.25, 0.3) is 5.91 Å². The van der Waals surface area contributed by atoms with Crippen molar-refractivity contribution in [1.82, 2.24) is 10.2 Å². The van der Waals surface area contributed by atoms with E-state index in [0.29, 0.717) is 19.5 Å². The summed E-state index contributed by atoms with van der Waals surface area (Å²) < 4.78 is 0. The second kappa shape index (κ2) is 6.91. The number of amides is 1. The molecule has 0 saturated carbocycles. The molecule has 1 aromatic carbocycles. The quantitative estimate of drug-likeness (QED) is 0.865. The van der Waals surface area contributed by atoms with Crippen molar-refractivity contribution in [3.05, 3.63) is 29.8 Å². The first-order chi connectivity index (χ1) is 12.6. The zero-order valence-electron chi connectivity index (χ0n) is 15.1. The van der Waals surface area contributed by atoms with Crippen LogP contribution in [0.15, 0.2) is 24.3 Å². The second-order valence-corrected chi connectivity index (χ2v) is 7.98. The molecule has 0 aliphatic carbocycles. The number of nitrogens with zero attached hydrogens (tertiary/aromatic N) is 2. The first kappa shape index (κ1) is 17.3. The summed E-state index contributed by atoms with van der Waals surface area (Å²) in [6.45, 7) is 4.21. The van der Waals surface area contributed by atoms with Gasteiger partial charge in [0.1, 0.15) is 6.04 Å². The van der Waals surface area contributed by atoms with E-state index in [1.54, 1.807) is 0 Å². The summed E-state index contributed by atoms with van der Waals surface area (Å²) in [5.74, 6) is -0.650. The Hall–Kier alpha value is -2.08. The van der Waals surface area contributed by atoms with Gasteiger partial charge in [-0.25, -0.2) is 0 Å². The van der Waals surface area contributed by atoms with Crippen LogP contribution in [0.1, 0.15) is 42.5 Å².